The molecule has 21 heavy (non-hydrogen) atoms. The van der Waals surface area contributed by atoms with Crippen LogP contribution in [0.1, 0.15) is 96.8 Å². The Bertz CT molecular complexity index is 190. The van der Waals surface area contributed by atoms with Crippen molar-refractivity contribution in [2.24, 2.45) is 0 Å². The number of hydrogen-bond acceptors (Lipinski definition) is 1. The number of unbranched alkanes of at least 4 members (excludes halogenated alkanes) is 12. The number of carboxylic acids is 1. The van der Waals surface area contributed by atoms with Crippen LogP contribution in [-0.2, 0) is 4.79 Å². The summed E-state index contributed by atoms with van der Waals surface area (Å²) >= 11 is 0. The van der Waals surface area contributed by atoms with Crippen LogP contribution in [0, 0.1) is 0 Å². The Hall–Kier alpha value is 2.47. The van der Waals surface area contributed by atoms with Crippen molar-refractivity contribution in [2.75, 3.05) is 0 Å². The molecule has 0 saturated carbocycles. The summed E-state index contributed by atoms with van der Waals surface area (Å²) in [6.07, 6.45) is 17.3. The maximum atomic E-state index is 10.3. The van der Waals surface area contributed by atoms with Crippen LogP contribution in [0.2, 0.25) is 0 Å². The van der Waals surface area contributed by atoms with Crippen molar-refractivity contribution < 1.29 is 9.90 Å². The molecule has 0 radical (unpaired) electrons. The molecular weight excluding hydrogens is 293 g/mol. The van der Waals surface area contributed by atoms with Gasteiger partial charge in [0.05, 0.1) is 0 Å². The van der Waals surface area contributed by atoms with Gasteiger partial charge in [-0.05, 0) is 6.42 Å². The minimum absolute atomic E-state index is 0. The molecule has 0 aromatic carbocycles. The van der Waals surface area contributed by atoms with Gasteiger partial charge in [0.1, 0.15) is 0 Å². The van der Waals surface area contributed by atoms with Gasteiger partial charge in [0, 0.05) is 6.42 Å². The van der Waals surface area contributed by atoms with Crippen LogP contribution >= 0.6 is 0 Å². The second-order valence-corrected chi connectivity index (χ2v) is 5.39. The first-order valence-corrected chi connectivity index (χ1v) is 7.99. The molecule has 0 bridgehead atoms. The Kier molecular flexibility index (Phi) is 40.7. The fraction of sp³-hybridized carbons (Fsp3) is 0.938. The Labute approximate surface area is 198 Å². The van der Waals surface area contributed by atoms with E-state index in [-0.39, 0.29) is 88.7 Å². The maximum absolute atomic E-state index is 10.3. The second kappa shape index (κ2) is 27.3. The van der Waals surface area contributed by atoms with Gasteiger partial charge in [-0.25, -0.2) is 0 Å². The zero-order valence-corrected chi connectivity index (χ0v) is 12.3. The molecule has 0 aliphatic carbocycles. The summed E-state index contributed by atoms with van der Waals surface area (Å²) < 4.78 is 0. The molecule has 114 valence electrons. The van der Waals surface area contributed by atoms with E-state index in [9.17, 15) is 4.79 Å². The molecule has 5 heteroatoms. The van der Waals surface area contributed by atoms with Crippen LogP contribution in [0.5, 0.6) is 0 Å². The predicted molar refractivity (Wildman–Crippen MR) is 99.4 cm³/mol. The van der Waals surface area contributed by atoms with E-state index in [1.165, 1.54) is 70.6 Å². The molecule has 0 amide bonds. The van der Waals surface area contributed by atoms with Crippen molar-refractivity contribution in [3.8, 4) is 0 Å². The van der Waals surface area contributed by atoms with E-state index >= 15 is 0 Å². The number of carbonyl (C=O) groups is 1. The Morgan fingerprint density at radius 1 is 0.619 bits per heavy atom. The number of hydrogen-bond donors (Lipinski definition) is 1. The van der Waals surface area contributed by atoms with Gasteiger partial charge in [0.15, 0.2) is 0 Å². The summed E-state index contributed by atoms with van der Waals surface area (Å²) in [5, 5.41) is 8.49. The molecular formula is C16H35Na3O2. The minimum atomic E-state index is -0.655. The van der Waals surface area contributed by atoms with Gasteiger partial charge in [-0.15, -0.1) is 0 Å². The average Bonchev–Trinajstić information content (AvgIpc) is 2.34. The monoisotopic (exact) mass is 328 g/mol. The van der Waals surface area contributed by atoms with Crippen molar-refractivity contribution >= 4 is 94.6 Å². The van der Waals surface area contributed by atoms with Crippen molar-refractivity contribution in [1.29, 1.82) is 0 Å². The van der Waals surface area contributed by atoms with Gasteiger partial charge < -0.3 is 5.11 Å². The average molecular weight is 328 g/mol. The van der Waals surface area contributed by atoms with Gasteiger partial charge in [-0.2, -0.15) is 0 Å². The molecule has 0 spiro atoms. The number of aliphatic carboxylic acids is 1. The molecule has 0 heterocycles. The third-order valence-electron chi connectivity index (χ3n) is 3.49. The first kappa shape index (κ1) is 31.3. The van der Waals surface area contributed by atoms with Crippen LogP contribution in [0.3, 0.4) is 0 Å². The van der Waals surface area contributed by atoms with Gasteiger partial charge in [-0.3, -0.25) is 4.79 Å². The number of carboxylic acid groups (broad SMARTS) is 1. The Balaban J connectivity index is -0.000000482. The zero-order chi connectivity index (χ0) is 13.5. The summed E-state index contributed by atoms with van der Waals surface area (Å²) in [7, 11) is 0. The SMILES string of the molecule is CCCCCCCCCCCCCCCC(=O)O.[NaH].[NaH].[NaH]. The summed E-state index contributed by atoms with van der Waals surface area (Å²) in [6, 6.07) is 0. The van der Waals surface area contributed by atoms with Crippen LogP contribution in [0.4, 0.5) is 0 Å². The van der Waals surface area contributed by atoms with Crippen LogP contribution in [0.25, 0.3) is 0 Å². The molecule has 0 aromatic heterocycles. The molecule has 0 aliphatic rings. The van der Waals surface area contributed by atoms with Crippen LogP contribution in [-0.4, -0.2) is 99.7 Å². The van der Waals surface area contributed by atoms with Gasteiger partial charge in [0.2, 0.25) is 0 Å². The Morgan fingerprint density at radius 2 is 0.905 bits per heavy atom. The van der Waals surface area contributed by atoms with Gasteiger partial charge >= 0.3 is 94.6 Å². The molecule has 0 saturated heterocycles. The van der Waals surface area contributed by atoms with E-state index in [1.807, 2.05) is 0 Å². The normalized spacial score (nSPS) is 9.19. The van der Waals surface area contributed by atoms with Gasteiger partial charge in [0.25, 0.3) is 0 Å². The fourth-order valence-corrected chi connectivity index (χ4v) is 2.29. The molecule has 0 fully saturated rings. The summed E-state index contributed by atoms with van der Waals surface area (Å²) in [5.74, 6) is -0.655. The van der Waals surface area contributed by atoms with E-state index in [4.69, 9.17) is 5.11 Å². The summed E-state index contributed by atoms with van der Waals surface area (Å²) in [4.78, 5) is 10.3. The van der Waals surface area contributed by atoms with Crippen molar-refractivity contribution in [2.45, 2.75) is 96.8 Å². The van der Waals surface area contributed by atoms with Crippen LogP contribution < -0.4 is 0 Å². The van der Waals surface area contributed by atoms with E-state index in [0.717, 1.165) is 12.8 Å². The molecule has 0 unspecified atom stereocenters. The number of rotatable bonds is 14. The first-order valence-electron chi connectivity index (χ1n) is 7.99. The first-order chi connectivity index (χ1) is 8.77. The van der Waals surface area contributed by atoms with E-state index < -0.39 is 5.97 Å². The topological polar surface area (TPSA) is 37.3 Å². The fourth-order valence-electron chi connectivity index (χ4n) is 2.29. The molecule has 0 aliphatic heterocycles. The van der Waals surface area contributed by atoms with E-state index in [1.54, 1.807) is 0 Å². The summed E-state index contributed by atoms with van der Waals surface area (Å²) in [6.45, 7) is 2.26. The van der Waals surface area contributed by atoms with Gasteiger partial charge in [-0.1, -0.05) is 84.0 Å². The quantitative estimate of drug-likeness (QED) is 0.391. The predicted octanol–water partition coefficient (Wildman–Crippen LogP) is 3.61. The van der Waals surface area contributed by atoms with Crippen LogP contribution in [0.15, 0.2) is 0 Å². The standard InChI is InChI=1S/C16H32O2.3Na.3H/c1-2-3-4-5-6-7-8-9-10-11-12-13-14-15-16(17)18;;;;;;/h2-15H2,1H3,(H,17,18);;;;;;. The van der Waals surface area contributed by atoms with Crippen molar-refractivity contribution in [3.63, 3.8) is 0 Å². The third-order valence-corrected chi connectivity index (χ3v) is 3.49. The molecule has 1 N–H and O–H groups in total. The van der Waals surface area contributed by atoms with E-state index in [0.29, 0.717) is 6.42 Å². The zero-order valence-electron chi connectivity index (χ0n) is 12.3. The second-order valence-electron chi connectivity index (χ2n) is 5.39. The van der Waals surface area contributed by atoms with Crippen molar-refractivity contribution in [3.05, 3.63) is 0 Å². The van der Waals surface area contributed by atoms with E-state index in [2.05, 4.69) is 6.92 Å². The molecule has 0 atom stereocenters. The molecule has 2 nitrogen and oxygen atoms in total. The molecule has 0 rings (SSSR count). The molecule has 0 aromatic rings. The van der Waals surface area contributed by atoms with Crippen molar-refractivity contribution in [1.82, 2.24) is 0 Å². The Morgan fingerprint density at radius 3 is 1.19 bits per heavy atom. The summed E-state index contributed by atoms with van der Waals surface area (Å²) in [5.41, 5.74) is 0. The third kappa shape index (κ3) is 30.8.